The zero-order valence-electron chi connectivity index (χ0n) is 7.81. The van der Waals surface area contributed by atoms with E-state index in [-0.39, 0.29) is 6.42 Å². The Labute approximate surface area is 90.4 Å². The summed E-state index contributed by atoms with van der Waals surface area (Å²) in [6.07, 6.45) is -0.327. The predicted octanol–water partition coefficient (Wildman–Crippen LogP) is 2.97. The predicted molar refractivity (Wildman–Crippen MR) is 56.4 cm³/mol. The molecule has 0 aliphatic heterocycles. The molecule has 14 heavy (non-hydrogen) atoms. The highest BCUT2D eigenvalue weighted by atomic mass is 79.9. The zero-order chi connectivity index (χ0) is 10.8. The van der Waals surface area contributed by atoms with E-state index in [4.69, 9.17) is 5.73 Å². The molecule has 1 aromatic carbocycles. The first-order valence-corrected chi connectivity index (χ1v) is 5.09. The fraction of sp³-hybridized carbons (Fsp3) is 0.400. The lowest BCUT2D eigenvalue weighted by molar-refractivity contribution is -0.0192. The number of rotatable bonds is 3. The van der Waals surface area contributed by atoms with E-state index in [9.17, 15) is 8.78 Å². The van der Waals surface area contributed by atoms with Crippen molar-refractivity contribution in [2.24, 2.45) is 5.73 Å². The normalized spacial score (nSPS) is 14.1. The van der Waals surface area contributed by atoms with E-state index < -0.39 is 12.0 Å². The van der Waals surface area contributed by atoms with Crippen molar-refractivity contribution in [2.75, 3.05) is 0 Å². The van der Waals surface area contributed by atoms with Gasteiger partial charge >= 0.3 is 0 Å². The molecular formula is C10H12BrF2N. The molecule has 0 fully saturated rings. The van der Waals surface area contributed by atoms with E-state index in [2.05, 4.69) is 15.9 Å². The monoisotopic (exact) mass is 263 g/mol. The topological polar surface area (TPSA) is 26.0 Å². The van der Waals surface area contributed by atoms with E-state index in [1.807, 2.05) is 0 Å². The third kappa shape index (κ3) is 2.75. The highest BCUT2D eigenvalue weighted by molar-refractivity contribution is 9.10. The van der Waals surface area contributed by atoms with Crippen LogP contribution in [0.1, 0.15) is 12.5 Å². The van der Waals surface area contributed by atoms with Gasteiger partial charge in [-0.2, -0.15) is 0 Å². The maximum Gasteiger partial charge on any atom is 0.266 e. The molecule has 0 radical (unpaired) electrons. The van der Waals surface area contributed by atoms with Crippen LogP contribution >= 0.6 is 15.9 Å². The van der Waals surface area contributed by atoms with Crippen LogP contribution in [0.2, 0.25) is 0 Å². The molecule has 0 amide bonds. The highest BCUT2D eigenvalue weighted by Crippen LogP contribution is 2.26. The summed E-state index contributed by atoms with van der Waals surface area (Å²) in [5.74, 6) is -2.86. The smallest absolute Gasteiger partial charge is 0.266 e. The molecule has 78 valence electrons. The SMILES string of the molecule is CC(N)C(F)(F)Cc1ccccc1Br. The van der Waals surface area contributed by atoms with Crippen LogP contribution in [0.25, 0.3) is 0 Å². The standard InChI is InChI=1S/C10H12BrF2N/c1-7(14)10(12,13)6-8-4-2-3-5-9(8)11/h2-5,7H,6,14H2,1H3. The van der Waals surface area contributed by atoms with Crippen LogP contribution in [0.5, 0.6) is 0 Å². The zero-order valence-corrected chi connectivity index (χ0v) is 9.39. The Morgan fingerprint density at radius 3 is 2.50 bits per heavy atom. The minimum Gasteiger partial charge on any atom is -0.323 e. The van der Waals surface area contributed by atoms with Crippen molar-refractivity contribution in [3.8, 4) is 0 Å². The number of benzene rings is 1. The third-order valence-electron chi connectivity index (χ3n) is 2.05. The summed E-state index contributed by atoms with van der Waals surface area (Å²) < 4.78 is 27.2. The average Bonchev–Trinajstić information content (AvgIpc) is 2.08. The largest absolute Gasteiger partial charge is 0.323 e. The van der Waals surface area contributed by atoms with Crippen molar-refractivity contribution in [1.29, 1.82) is 0 Å². The fourth-order valence-corrected chi connectivity index (χ4v) is 1.48. The quantitative estimate of drug-likeness (QED) is 0.892. The molecule has 1 nitrogen and oxygen atoms in total. The number of alkyl halides is 2. The van der Waals surface area contributed by atoms with Crippen molar-refractivity contribution in [2.45, 2.75) is 25.3 Å². The van der Waals surface area contributed by atoms with Crippen LogP contribution in [0, 0.1) is 0 Å². The Morgan fingerprint density at radius 2 is 2.00 bits per heavy atom. The lowest BCUT2D eigenvalue weighted by Crippen LogP contribution is -2.40. The molecule has 0 saturated carbocycles. The molecule has 0 aliphatic carbocycles. The van der Waals surface area contributed by atoms with Crippen LogP contribution < -0.4 is 5.73 Å². The van der Waals surface area contributed by atoms with Gasteiger partial charge in [0.2, 0.25) is 0 Å². The summed E-state index contributed by atoms with van der Waals surface area (Å²) in [5.41, 5.74) is 5.78. The van der Waals surface area contributed by atoms with Crippen molar-refractivity contribution in [1.82, 2.24) is 0 Å². The number of halogens is 3. The van der Waals surface area contributed by atoms with E-state index >= 15 is 0 Å². The van der Waals surface area contributed by atoms with Crippen LogP contribution in [0.4, 0.5) is 8.78 Å². The first kappa shape index (κ1) is 11.6. The Balaban J connectivity index is 2.84. The molecular weight excluding hydrogens is 252 g/mol. The van der Waals surface area contributed by atoms with Gasteiger partial charge in [0.1, 0.15) is 0 Å². The van der Waals surface area contributed by atoms with Crippen LogP contribution in [-0.4, -0.2) is 12.0 Å². The lowest BCUT2D eigenvalue weighted by atomic mass is 10.0. The maximum absolute atomic E-state index is 13.3. The Bertz CT molecular complexity index is 313. The molecule has 4 heteroatoms. The van der Waals surface area contributed by atoms with Gasteiger partial charge in [-0.05, 0) is 18.6 Å². The molecule has 2 N–H and O–H groups in total. The molecule has 0 aliphatic rings. The molecule has 1 unspecified atom stereocenters. The second kappa shape index (κ2) is 4.36. The maximum atomic E-state index is 13.3. The molecule has 0 saturated heterocycles. The minimum atomic E-state index is -2.86. The van der Waals surface area contributed by atoms with Crippen LogP contribution in [0.15, 0.2) is 28.7 Å². The summed E-state index contributed by atoms with van der Waals surface area (Å²) in [5, 5.41) is 0. The minimum absolute atomic E-state index is 0.327. The van der Waals surface area contributed by atoms with E-state index in [1.54, 1.807) is 24.3 Å². The summed E-state index contributed by atoms with van der Waals surface area (Å²) in [6.45, 7) is 1.32. The molecule has 0 bridgehead atoms. The van der Waals surface area contributed by atoms with Gasteiger partial charge in [-0.3, -0.25) is 0 Å². The van der Waals surface area contributed by atoms with E-state index in [1.165, 1.54) is 6.92 Å². The number of hydrogen-bond acceptors (Lipinski definition) is 1. The van der Waals surface area contributed by atoms with Gasteiger partial charge < -0.3 is 5.73 Å². The Hall–Kier alpha value is -0.480. The average molecular weight is 264 g/mol. The summed E-state index contributed by atoms with van der Waals surface area (Å²) in [6, 6.07) is 5.80. The summed E-state index contributed by atoms with van der Waals surface area (Å²) >= 11 is 3.22. The van der Waals surface area contributed by atoms with Crippen LogP contribution in [-0.2, 0) is 6.42 Å². The second-order valence-corrected chi connectivity index (χ2v) is 4.17. The van der Waals surface area contributed by atoms with Crippen molar-refractivity contribution in [3.63, 3.8) is 0 Å². The van der Waals surface area contributed by atoms with Gasteiger partial charge in [0.05, 0.1) is 6.04 Å². The van der Waals surface area contributed by atoms with E-state index in [0.29, 0.717) is 10.0 Å². The van der Waals surface area contributed by atoms with Gasteiger partial charge in [0.15, 0.2) is 0 Å². The molecule has 0 heterocycles. The van der Waals surface area contributed by atoms with Crippen molar-refractivity contribution < 1.29 is 8.78 Å². The van der Waals surface area contributed by atoms with Gasteiger partial charge in [0.25, 0.3) is 5.92 Å². The van der Waals surface area contributed by atoms with E-state index in [0.717, 1.165) is 0 Å². The molecule has 0 spiro atoms. The molecule has 0 aromatic heterocycles. The molecule has 1 aromatic rings. The summed E-state index contributed by atoms with van der Waals surface area (Å²) in [7, 11) is 0. The number of nitrogens with two attached hydrogens (primary N) is 1. The highest BCUT2D eigenvalue weighted by Gasteiger charge is 2.34. The second-order valence-electron chi connectivity index (χ2n) is 3.32. The first-order chi connectivity index (χ1) is 6.43. The van der Waals surface area contributed by atoms with Gasteiger partial charge in [-0.15, -0.1) is 0 Å². The Morgan fingerprint density at radius 1 is 1.43 bits per heavy atom. The first-order valence-electron chi connectivity index (χ1n) is 4.30. The fourth-order valence-electron chi connectivity index (χ4n) is 1.06. The summed E-state index contributed by atoms with van der Waals surface area (Å²) in [4.78, 5) is 0. The van der Waals surface area contributed by atoms with Crippen LogP contribution in [0.3, 0.4) is 0 Å². The lowest BCUT2D eigenvalue weighted by Gasteiger charge is -2.20. The van der Waals surface area contributed by atoms with Gasteiger partial charge in [-0.25, -0.2) is 8.78 Å². The molecule has 1 rings (SSSR count). The number of hydrogen-bond donors (Lipinski definition) is 1. The Kier molecular flexibility index (Phi) is 3.61. The van der Waals surface area contributed by atoms with Gasteiger partial charge in [0, 0.05) is 10.9 Å². The van der Waals surface area contributed by atoms with Gasteiger partial charge in [-0.1, -0.05) is 34.1 Å². The third-order valence-corrected chi connectivity index (χ3v) is 2.82. The van der Waals surface area contributed by atoms with Crippen molar-refractivity contribution >= 4 is 15.9 Å². The molecule has 1 atom stereocenters. The van der Waals surface area contributed by atoms with Crippen molar-refractivity contribution in [3.05, 3.63) is 34.3 Å².